The predicted molar refractivity (Wildman–Crippen MR) is 87.8 cm³/mol. The van der Waals surface area contributed by atoms with Crippen molar-refractivity contribution < 1.29 is 4.74 Å². The summed E-state index contributed by atoms with van der Waals surface area (Å²) in [5.41, 5.74) is 2.99. The fourth-order valence-electron chi connectivity index (χ4n) is 4.06. The third-order valence-corrected chi connectivity index (χ3v) is 5.70. The van der Waals surface area contributed by atoms with E-state index in [4.69, 9.17) is 4.74 Å². The van der Waals surface area contributed by atoms with E-state index in [9.17, 15) is 0 Å². The zero-order valence-corrected chi connectivity index (χ0v) is 13.7. The Kier molecular flexibility index (Phi) is 4.54. The Morgan fingerprint density at radius 1 is 1.10 bits per heavy atom. The van der Waals surface area contributed by atoms with Gasteiger partial charge in [-0.2, -0.15) is 0 Å². The summed E-state index contributed by atoms with van der Waals surface area (Å²) in [5.74, 6) is 2.74. The molecule has 0 spiro atoms. The second-order valence-corrected chi connectivity index (χ2v) is 7.14. The lowest BCUT2D eigenvalue weighted by Gasteiger charge is -2.37. The first-order chi connectivity index (χ1) is 10.2. The summed E-state index contributed by atoms with van der Waals surface area (Å²) in [4.78, 5) is 0. The van der Waals surface area contributed by atoms with E-state index < -0.39 is 0 Å². The van der Waals surface area contributed by atoms with Crippen molar-refractivity contribution in [3.05, 3.63) is 29.3 Å². The number of benzene rings is 1. The van der Waals surface area contributed by atoms with Gasteiger partial charge in [0.15, 0.2) is 0 Å². The van der Waals surface area contributed by atoms with Gasteiger partial charge in [0, 0.05) is 12.1 Å². The molecular formula is C19H29NO. The molecule has 0 saturated heterocycles. The van der Waals surface area contributed by atoms with Crippen LogP contribution in [0.25, 0.3) is 0 Å². The Bertz CT molecular complexity index is 484. The summed E-state index contributed by atoms with van der Waals surface area (Å²) in [6, 6.07) is 7.83. The maximum atomic E-state index is 5.42. The second kappa shape index (κ2) is 6.39. The van der Waals surface area contributed by atoms with Crippen molar-refractivity contribution >= 4 is 0 Å². The monoisotopic (exact) mass is 287 g/mol. The molecule has 4 atom stereocenters. The van der Waals surface area contributed by atoms with Gasteiger partial charge in [0.1, 0.15) is 5.75 Å². The van der Waals surface area contributed by atoms with Crippen LogP contribution in [0.2, 0.25) is 0 Å². The molecule has 3 rings (SSSR count). The number of hydrogen-bond acceptors (Lipinski definition) is 2. The molecule has 1 N–H and O–H groups in total. The Morgan fingerprint density at radius 3 is 2.71 bits per heavy atom. The average Bonchev–Trinajstić information content (AvgIpc) is 2.51. The van der Waals surface area contributed by atoms with Gasteiger partial charge in [0.25, 0.3) is 0 Å². The lowest BCUT2D eigenvalue weighted by Crippen LogP contribution is -2.39. The summed E-state index contributed by atoms with van der Waals surface area (Å²) in [6.45, 7) is 4.82. The first-order valence-corrected chi connectivity index (χ1v) is 8.60. The molecule has 0 radical (unpaired) electrons. The topological polar surface area (TPSA) is 21.3 Å². The Balaban J connectivity index is 1.73. The zero-order chi connectivity index (χ0) is 14.8. The highest BCUT2D eigenvalue weighted by Crippen LogP contribution is 2.35. The molecule has 2 nitrogen and oxygen atoms in total. The minimum atomic E-state index is 0.523. The van der Waals surface area contributed by atoms with Gasteiger partial charge in [0.2, 0.25) is 0 Å². The summed E-state index contributed by atoms with van der Waals surface area (Å²) >= 11 is 0. The lowest BCUT2D eigenvalue weighted by atomic mass is 9.78. The van der Waals surface area contributed by atoms with E-state index in [-0.39, 0.29) is 0 Å². The van der Waals surface area contributed by atoms with Gasteiger partial charge < -0.3 is 10.1 Å². The second-order valence-electron chi connectivity index (χ2n) is 7.14. The quantitative estimate of drug-likeness (QED) is 0.884. The molecule has 0 bridgehead atoms. The molecule has 2 aliphatic carbocycles. The number of aryl methyl sites for hydroxylation is 1. The Labute approximate surface area is 129 Å². The van der Waals surface area contributed by atoms with Crippen molar-refractivity contribution in [1.82, 2.24) is 5.32 Å². The molecule has 2 heteroatoms. The van der Waals surface area contributed by atoms with Crippen molar-refractivity contribution in [2.75, 3.05) is 7.11 Å². The highest BCUT2D eigenvalue weighted by Gasteiger charge is 2.28. The van der Waals surface area contributed by atoms with Crippen molar-refractivity contribution in [3.8, 4) is 5.75 Å². The van der Waals surface area contributed by atoms with Crippen LogP contribution >= 0.6 is 0 Å². The SMILES string of the molecule is COc1ccc2c(c1)C(NC1CCC(C)C(C)C1)CCC2. The van der Waals surface area contributed by atoms with Crippen LogP contribution in [0, 0.1) is 11.8 Å². The standard InChI is InChI=1S/C19H29NO/c1-13-7-9-16(11-14(13)2)20-19-6-4-5-15-8-10-17(21-3)12-18(15)19/h8,10,12-14,16,19-20H,4-7,9,11H2,1-3H3. The average molecular weight is 287 g/mol. The van der Waals surface area contributed by atoms with Gasteiger partial charge in [0.05, 0.1) is 7.11 Å². The van der Waals surface area contributed by atoms with E-state index >= 15 is 0 Å². The third-order valence-electron chi connectivity index (χ3n) is 5.70. The predicted octanol–water partition coefficient (Wildman–Crippen LogP) is 4.49. The molecule has 1 aromatic rings. The molecule has 2 aliphatic rings. The van der Waals surface area contributed by atoms with E-state index in [1.165, 1.54) is 49.7 Å². The van der Waals surface area contributed by atoms with Crippen LogP contribution < -0.4 is 10.1 Å². The molecule has 1 fully saturated rings. The van der Waals surface area contributed by atoms with Gasteiger partial charge in [-0.15, -0.1) is 0 Å². The summed E-state index contributed by atoms with van der Waals surface area (Å²) in [5, 5.41) is 3.96. The summed E-state index contributed by atoms with van der Waals surface area (Å²) in [7, 11) is 1.76. The Hall–Kier alpha value is -1.02. The number of hydrogen-bond donors (Lipinski definition) is 1. The van der Waals surface area contributed by atoms with Crippen LogP contribution in [-0.2, 0) is 6.42 Å². The van der Waals surface area contributed by atoms with E-state index in [0.29, 0.717) is 12.1 Å². The van der Waals surface area contributed by atoms with E-state index in [2.05, 4.69) is 37.4 Å². The lowest BCUT2D eigenvalue weighted by molar-refractivity contribution is 0.210. The van der Waals surface area contributed by atoms with Gasteiger partial charge in [-0.3, -0.25) is 0 Å². The van der Waals surface area contributed by atoms with Crippen LogP contribution in [0.15, 0.2) is 18.2 Å². The van der Waals surface area contributed by atoms with Gasteiger partial charge in [-0.25, -0.2) is 0 Å². The van der Waals surface area contributed by atoms with Crippen molar-refractivity contribution in [1.29, 1.82) is 0 Å². The number of rotatable bonds is 3. The first kappa shape index (κ1) is 14.9. The highest BCUT2D eigenvalue weighted by molar-refractivity contribution is 5.39. The van der Waals surface area contributed by atoms with Crippen LogP contribution in [0.1, 0.15) is 63.1 Å². The molecule has 0 aliphatic heterocycles. The number of methoxy groups -OCH3 is 1. The van der Waals surface area contributed by atoms with Crippen LogP contribution in [0.5, 0.6) is 5.75 Å². The Morgan fingerprint density at radius 2 is 1.95 bits per heavy atom. The van der Waals surface area contributed by atoms with Gasteiger partial charge in [-0.05, 0) is 73.6 Å². The van der Waals surface area contributed by atoms with Gasteiger partial charge >= 0.3 is 0 Å². The van der Waals surface area contributed by atoms with Gasteiger partial charge in [-0.1, -0.05) is 19.9 Å². The molecule has 21 heavy (non-hydrogen) atoms. The molecule has 1 aromatic carbocycles. The largest absolute Gasteiger partial charge is 0.497 e. The normalized spacial score (nSPS) is 32.5. The molecule has 1 saturated carbocycles. The van der Waals surface area contributed by atoms with E-state index in [0.717, 1.165) is 17.6 Å². The summed E-state index contributed by atoms with van der Waals surface area (Å²) < 4.78 is 5.42. The molecule has 0 amide bonds. The van der Waals surface area contributed by atoms with Crippen molar-refractivity contribution in [2.24, 2.45) is 11.8 Å². The zero-order valence-electron chi connectivity index (χ0n) is 13.7. The van der Waals surface area contributed by atoms with Crippen LogP contribution in [0.4, 0.5) is 0 Å². The van der Waals surface area contributed by atoms with Crippen LogP contribution in [-0.4, -0.2) is 13.2 Å². The smallest absolute Gasteiger partial charge is 0.119 e. The van der Waals surface area contributed by atoms with Crippen LogP contribution in [0.3, 0.4) is 0 Å². The molecular weight excluding hydrogens is 258 g/mol. The van der Waals surface area contributed by atoms with E-state index in [1.807, 2.05) is 0 Å². The highest BCUT2D eigenvalue weighted by atomic mass is 16.5. The molecule has 4 unspecified atom stereocenters. The maximum absolute atomic E-state index is 5.42. The minimum absolute atomic E-state index is 0.523. The maximum Gasteiger partial charge on any atom is 0.119 e. The number of fused-ring (bicyclic) bond motifs is 1. The fourth-order valence-corrected chi connectivity index (χ4v) is 4.06. The van der Waals surface area contributed by atoms with Crippen molar-refractivity contribution in [3.63, 3.8) is 0 Å². The minimum Gasteiger partial charge on any atom is -0.497 e. The fraction of sp³-hybridized carbons (Fsp3) is 0.684. The molecule has 0 aromatic heterocycles. The number of nitrogens with one attached hydrogen (secondary N) is 1. The van der Waals surface area contributed by atoms with E-state index in [1.54, 1.807) is 7.11 Å². The first-order valence-electron chi connectivity index (χ1n) is 8.60. The summed E-state index contributed by atoms with van der Waals surface area (Å²) in [6.07, 6.45) is 7.82. The van der Waals surface area contributed by atoms with Crippen molar-refractivity contribution in [2.45, 2.75) is 64.5 Å². The molecule has 116 valence electrons. The number of ether oxygens (including phenoxy) is 1. The molecule has 0 heterocycles. The third kappa shape index (κ3) is 3.26.